The smallest absolute Gasteiger partial charge is 0.347 e. The van der Waals surface area contributed by atoms with Crippen LogP contribution in [0.25, 0.3) is 33.4 Å². The van der Waals surface area contributed by atoms with Crippen LogP contribution in [0.5, 0.6) is 5.75 Å². The Balaban J connectivity index is 1.40. The van der Waals surface area contributed by atoms with E-state index in [1.807, 2.05) is 24.3 Å². The number of hydrogen-bond acceptors (Lipinski definition) is 3. The van der Waals surface area contributed by atoms with Gasteiger partial charge in [-0.2, -0.15) is 0 Å². The van der Waals surface area contributed by atoms with Crippen LogP contribution in [-0.2, 0) is 16.0 Å². The molecule has 0 fully saturated rings. The van der Waals surface area contributed by atoms with E-state index in [2.05, 4.69) is 31.2 Å². The first-order valence-electron chi connectivity index (χ1n) is 15.4. The Bertz CT molecular complexity index is 1460. The summed E-state index contributed by atoms with van der Waals surface area (Å²) in [7, 11) is 0. The zero-order chi connectivity index (χ0) is 30.8. The minimum absolute atomic E-state index is 0.151. The maximum atomic E-state index is 15.3. The van der Waals surface area contributed by atoms with Gasteiger partial charge in [0.25, 0.3) is 0 Å². The lowest BCUT2D eigenvalue weighted by Gasteiger charge is -2.16. The molecule has 0 aliphatic rings. The van der Waals surface area contributed by atoms with E-state index in [-0.39, 0.29) is 17.2 Å². The van der Waals surface area contributed by atoms with Gasteiger partial charge in [0.1, 0.15) is 5.75 Å². The molecular weight excluding hydrogens is 542 g/mol. The molecule has 0 aromatic heterocycles. The van der Waals surface area contributed by atoms with Crippen molar-refractivity contribution in [1.82, 2.24) is 0 Å². The van der Waals surface area contributed by atoms with E-state index >= 15 is 8.78 Å². The third-order valence-corrected chi connectivity index (χ3v) is 7.55. The lowest BCUT2D eigenvalue weighted by molar-refractivity contribution is -0.154. The summed E-state index contributed by atoms with van der Waals surface area (Å²) < 4.78 is 41.3. The Morgan fingerprint density at radius 3 is 1.63 bits per heavy atom. The second kappa shape index (κ2) is 15.5. The SMILES string of the molecule is CCCCCCCCc1ccc(-c2ccc(-c3ccc(-c4ccc(OC(C)C(=O)OC(C)C)cc4)c(F)c3F)cc2)cc1. The number of ether oxygens (including phenoxy) is 2. The predicted octanol–water partition coefficient (Wildman–Crippen LogP) is 10.6. The van der Waals surface area contributed by atoms with Crippen LogP contribution in [0, 0.1) is 11.6 Å². The van der Waals surface area contributed by atoms with E-state index in [1.54, 1.807) is 57.2 Å². The molecule has 5 heteroatoms. The van der Waals surface area contributed by atoms with Gasteiger partial charge in [-0.3, -0.25) is 0 Å². The van der Waals surface area contributed by atoms with Crippen LogP contribution in [0.3, 0.4) is 0 Å². The lowest BCUT2D eigenvalue weighted by Crippen LogP contribution is -2.28. The van der Waals surface area contributed by atoms with E-state index in [0.29, 0.717) is 16.9 Å². The van der Waals surface area contributed by atoms with Crippen molar-refractivity contribution in [3.63, 3.8) is 0 Å². The van der Waals surface area contributed by atoms with Crippen LogP contribution in [0.2, 0.25) is 0 Å². The summed E-state index contributed by atoms with van der Waals surface area (Å²) >= 11 is 0. The highest BCUT2D eigenvalue weighted by molar-refractivity contribution is 5.76. The van der Waals surface area contributed by atoms with E-state index in [0.717, 1.165) is 17.5 Å². The van der Waals surface area contributed by atoms with Crippen molar-refractivity contribution >= 4 is 5.97 Å². The fourth-order valence-corrected chi connectivity index (χ4v) is 5.10. The fraction of sp³-hybridized carbons (Fsp3) is 0.342. The molecule has 0 aliphatic carbocycles. The highest BCUT2D eigenvalue weighted by Gasteiger charge is 2.19. The molecule has 0 spiro atoms. The van der Waals surface area contributed by atoms with Gasteiger partial charge in [-0.1, -0.05) is 112 Å². The molecule has 226 valence electrons. The molecule has 1 atom stereocenters. The van der Waals surface area contributed by atoms with Crippen molar-refractivity contribution in [2.24, 2.45) is 0 Å². The van der Waals surface area contributed by atoms with E-state index < -0.39 is 23.7 Å². The number of hydrogen-bond donors (Lipinski definition) is 0. The van der Waals surface area contributed by atoms with Gasteiger partial charge in [0.2, 0.25) is 0 Å². The summed E-state index contributed by atoms with van der Waals surface area (Å²) in [5.41, 5.74) is 4.94. The third kappa shape index (κ3) is 8.76. The monoisotopic (exact) mass is 584 g/mol. The van der Waals surface area contributed by atoms with Gasteiger partial charge in [0.15, 0.2) is 17.7 Å². The molecule has 0 radical (unpaired) electrons. The molecule has 0 heterocycles. The predicted molar refractivity (Wildman–Crippen MR) is 171 cm³/mol. The molecule has 3 nitrogen and oxygen atoms in total. The topological polar surface area (TPSA) is 35.5 Å². The standard InChI is InChI=1S/C38H42F2O3/c1-5-6-7-8-9-10-11-28-12-14-29(15-13-28)30-16-18-31(19-17-30)34-24-25-35(37(40)36(34)39)32-20-22-33(23-21-32)43-27(4)38(41)42-26(2)3/h12-27H,5-11H2,1-4H3. The van der Waals surface area contributed by atoms with Gasteiger partial charge < -0.3 is 9.47 Å². The van der Waals surface area contributed by atoms with Crippen LogP contribution in [-0.4, -0.2) is 18.2 Å². The summed E-state index contributed by atoms with van der Waals surface area (Å²) in [4.78, 5) is 12.0. The van der Waals surface area contributed by atoms with Gasteiger partial charge in [-0.25, -0.2) is 13.6 Å². The number of aryl methyl sites for hydroxylation is 1. The second-order valence-electron chi connectivity index (χ2n) is 11.4. The number of rotatable bonds is 14. The number of carbonyl (C=O) groups is 1. The molecule has 4 aromatic carbocycles. The molecule has 0 aliphatic heterocycles. The van der Waals surface area contributed by atoms with E-state index in [9.17, 15) is 4.79 Å². The number of benzene rings is 4. The van der Waals surface area contributed by atoms with Gasteiger partial charge in [0, 0.05) is 11.1 Å². The second-order valence-corrected chi connectivity index (χ2v) is 11.4. The molecular formula is C38H42F2O3. The molecule has 1 unspecified atom stereocenters. The van der Waals surface area contributed by atoms with Crippen molar-refractivity contribution in [2.45, 2.75) is 84.8 Å². The summed E-state index contributed by atoms with van der Waals surface area (Å²) in [6.07, 6.45) is 7.80. The van der Waals surface area contributed by atoms with Crippen molar-refractivity contribution in [1.29, 1.82) is 0 Å². The summed E-state index contributed by atoms with van der Waals surface area (Å²) in [6, 6.07) is 25.9. The Morgan fingerprint density at radius 1 is 0.628 bits per heavy atom. The summed E-state index contributed by atoms with van der Waals surface area (Å²) in [6.45, 7) is 7.38. The zero-order valence-corrected chi connectivity index (χ0v) is 25.7. The molecule has 0 saturated heterocycles. The molecule has 0 bridgehead atoms. The quantitative estimate of drug-likeness (QED) is 0.109. The maximum Gasteiger partial charge on any atom is 0.347 e. The maximum absolute atomic E-state index is 15.3. The summed E-state index contributed by atoms with van der Waals surface area (Å²) in [5.74, 6) is -1.84. The molecule has 4 rings (SSSR count). The Morgan fingerprint density at radius 2 is 1.09 bits per heavy atom. The average molecular weight is 585 g/mol. The highest BCUT2D eigenvalue weighted by atomic mass is 19.2. The first-order valence-corrected chi connectivity index (χ1v) is 15.4. The number of unbranched alkanes of at least 4 members (excludes halogenated alkanes) is 5. The van der Waals surface area contributed by atoms with Crippen molar-refractivity contribution < 1.29 is 23.0 Å². The first kappa shape index (κ1) is 31.9. The van der Waals surface area contributed by atoms with Crippen molar-refractivity contribution in [3.8, 4) is 39.1 Å². The minimum atomic E-state index is -0.912. The Hall–Kier alpha value is -3.99. The molecule has 0 N–H and O–H groups in total. The number of carbonyl (C=O) groups excluding carboxylic acids is 1. The largest absolute Gasteiger partial charge is 0.479 e. The summed E-state index contributed by atoms with van der Waals surface area (Å²) in [5, 5.41) is 0. The van der Waals surface area contributed by atoms with Gasteiger partial charge >= 0.3 is 5.97 Å². The fourth-order valence-electron chi connectivity index (χ4n) is 5.10. The molecule has 0 amide bonds. The molecule has 0 saturated carbocycles. The van der Waals surface area contributed by atoms with Gasteiger partial charge in [-0.15, -0.1) is 0 Å². The van der Waals surface area contributed by atoms with Crippen LogP contribution in [0.4, 0.5) is 8.78 Å². The molecule has 43 heavy (non-hydrogen) atoms. The van der Waals surface area contributed by atoms with Crippen LogP contribution in [0.1, 0.15) is 71.8 Å². The van der Waals surface area contributed by atoms with E-state index in [1.165, 1.54) is 44.1 Å². The van der Waals surface area contributed by atoms with E-state index in [4.69, 9.17) is 9.47 Å². The van der Waals surface area contributed by atoms with Crippen LogP contribution >= 0.6 is 0 Å². The lowest BCUT2D eigenvalue weighted by atomic mass is 9.96. The average Bonchev–Trinajstić information content (AvgIpc) is 3.01. The van der Waals surface area contributed by atoms with Gasteiger partial charge in [0.05, 0.1) is 6.10 Å². The van der Waals surface area contributed by atoms with Crippen molar-refractivity contribution in [3.05, 3.63) is 102 Å². The number of halogens is 2. The Labute approximate surface area is 254 Å². The zero-order valence-electron chi connectivity index (χ0n) is 25.7. The normalized spacial score (nSPS) is 11.9. The highest BCUT2D eigenvalue weighted by Crippen LogP contribution is 2.33. The van der Waals surface area contributed by atoms with Crippen molar-refractivity contribution in [2.75, 3.05) is 0 Å². The first-order chi connectivity index (χ1) is 20.8. The third-order valence-electron chi connectivity index (χ3n) is 7.55. The van der Waals surface area contributed by atoms with Crippen LogP contribution < -0.4 is 4.74 Å². The van der Waals surface area contributed by atoms with Crippen LogP contribution in [0.15, 0.2) is 84.9 Å². The van der Waals surface area contributed by atoms with Gasteiger partial charge in [-0.05, 0) is 73.6 Å². The molecule has 4 aromatic rings. The Kier molecular flexibility index (Phi) is 11.5. The number of esters is 1. The minimum Gasteiger partial charge on any atom is -0.479 e.